The Hall–Kier alpha value is -0.440. The topological polar surface area (TPSA) is 21.3 Å². The van der Waals surface area contributed by atoms with Crippen LogP contribution >= 0.6 is 23.2 Å². The molecule has 1 aromatic rings. The summed E-state index contributed by atoms with van der Waals surface area (Å²) in [5.74, 6) is 1.78. The molecular formula is C15H21Cl2NO. The normalized spacial score (nSPS) is 20.8. The Balaban J connectivity index is 2.21. The summed E-state index contributed by atoms with van der Waals surface area (Å²) in [6.45, 7) is 8.47. The van der Waals surface area contributed by atoms with Gasteiger partial charge < -0.3 is 10.1 Å². The van der Waals surface area contributed by atoms with Crippen molar-refractivity contribution in [3.05, 3.63) is 27.7 Å². The molecule has 0 radical (unpaired) electrons. The Morgan fingerprint density at radius 3 is 2.58 bits per heavy atom. The van der Waals surface area contributed by atoms with Crippen molar-refractivity contribution in [3.63, 3.8) is 0 Å². The second-order valence-electron chi connectivity index (χ2n) is 5.61. The molecule has 1 heterocycles. The molecule has 106 valence electrons. The molecule has 0 amide bonds. The van der Waals surface area contributed by atoms with Gasteiger partial charge in [-0.3, -0.25) is 0 Å². The molecule has 2 atom stereocenters. The minimum atomic E-state index is 0.187. The Morgan fingerprint density at radius 1 is 1.32 bits per heavy atom. The second kappa shape index (κ2) is 6.34. The molecule has 1 unspecified atom stereocenters. The van der Waals surface area contributed by atoms with Crippen LogP contribution < -0.4 is 10.1 Å². The molecule has 1 saturated heterocycles. The van der Waals surface area contributed by atoms with E-state index in [-0.39, 0.29) is 6.10 Å². The van der Waals surface area contributed by atoms with E-state index >= 15 is 0 Å². The molecule has 0 saturated carbocycles. The zero-order valence-electron chi connectivity index (χ0n) is 11.7. The van der Waals surface area contributed by atoms with Gasteiger partial charge in [0.1, 0.15) is 11.9 Å². The van der Waals surface area contributed by atoms with Crippen molar-refractivity contribution in [1.82, 2.24) is 5.32 Å². The third-order valence-electron chi connectivity index (χ3n) is 3.67. The van der Waals surface area contributed by atoms with Crippen molar-refractivity contribution in [2.24, 2.45) is 11.8 Å². The van der Waals surface area contributed by atoms with Gasteiger partial charge in [0.05, 0.1) is 5.02 Å². The summed E-state index contributed by atoms with van der Waals surface area (Å²) < 4.78 is 6.25. The third-order valence-corrected chi connectivity index (χ3v) is 4.17. The van der Waals surface area contributed by atoms with E-state index in [1.165, 1.54) is 0 Å². The maximum Gasteiger partial charge on any atom is 0.141 e. The van der Waals surface area contributed by atoms with Gasteiger partial charge in [0, 0.05) is 17.5 Å². The van der Waals surface area contributed by atoms with E-state index in [1.54, 1.807) is 6.07 Å². The average molecular weight is 302 g/mol. The summed E-state index contributed by atoms with van der Waals surface area (Å²) >= 11 is 12.3. The van der Waals surface area contributed by atoms with Gasteiger partial charge in [-0.25, -0.2) is 0 Å². The molecule has 1 aromatic carbocycles. The van der Waals surface area contributed by atoms with Crippen LogP contribution in [0.2, 0.25) is 10.0 Å². The third kappa shape index (κ3) is 3.56. The molecule has 1 fully saturated rings. The van der Waals surface area contributed by atoms with Gasteiger partial charge >= 0.3 is 0 Å². The number of rotatable bonds is 4. The highest BCUT2D eigenvalue weighted by atomic mass is 35.5. The molecule has 4 heteroatoms. The lowest BCUT2D eigenvalue weighted by Gasteiger charge is -2.29. The fourth-order valence-corrected chi connectivity index (χ4v) is 3.35. The van der Waals surface area contributed by atoms with Crippen molar-refractivity contribution in [3.8, 4) is 5.75 Å². The van der Waals surface area contributed by atoms with Crippen molar-refractivity contribution in [2.45, 2.75) is 33.3 Å². The molecule has 2 rings (SSSR count). The van der Waals surface area contributed by atoms with Gasteiger partial charge in [-0.05, 0) is 43.5 Å². The Kier molecular flexibility index (Phi) is 4.99. The first-order chi connectivity index (χ1) is 8.99. The van der Waals surface area contributed by atoms with E-state index in [0.29, 0.717) is 21.9 Å². The number of nitrogens with one attached hydrogen (secondary N) is 1. The maximum absolute atomic E-state index is 6.27. The predicted molar refractivity (Wildman–Crippen MR) is 81.4 cm³/mol. The van der Waals surface area contributed by atoms with Crippen LogP contribution in [0.3, 0.4) is 0 Å². The minimum absolute atomic E-state index is 0.187. The van der Waals surface area contributed by atoms with Crippen LogP contribution in [0.25, 0.3) is 0 Å². The van der Waals surface area contributed by atoms with E-state index in [1.807, 2.05) is 13.0 Å². The Labute approximate surface area is 125 Å². The lowest BCUT2D eigenvalue weighted by atomic mass is 9.92. The van der Waals surface area contributed by atoms with Crippen LogP contribution in [-0.4, -0.2) is 19.2 Å². The van der Waals surface area contributed by atoms with Crippen molar-refractivity contribution in [1.29, 1.82) is 0 Å². The van der Waals surface area contributed by atoms with E-state index in [2.05, 4.69) is 19.2 Å². The quantitative estimate of drug-likeness (QED) is 0.894. The summed E-state index contributed by atoms with van der Waals surface area (Å²) in [6, 6.07) is 3.64. The van der Waals surface area contributed by atoms with Gasteiger partial charge in [0.2, 0.25) is 0 Å². The van der Waals surface area contributed by atoms with Crippen LogP contribution in [0.15, 0.2) is 12.1 Å². The second-order valence-corrected chi connectivity index (χ2v) is 6.46. The largest absolute Gasteiger partial charge is 0.488 e. The number of ether oxygens (including phenoxy) is 1. The van der Waals surface area contributed by atoms with E-state index < -0.39 is 0 Å². The van der Waals surface area contributed by atoms with Crippen LogP contribution in [0.4, 0.5) is 0 Å². The molecule has 1 aliphatic heterocycles. The molecule has 2 nitrogen and oxygen atoms in total. The molecular weight excluding hydrogens is 281 g/mol. The summed E-state index contributed by atoms with van der Waals surface area (Å²) in [7, 11) is 0. The van der Waals surface area contributed by atoms with Crippen LogP contribution in [0, 0.1) is 18.8 Å². The van der Waals surface area contributed by atoms with E-state index in [0.717, 1.165) is 30.8 Å². The van der Waals surface area contributed by atoms with Gasteiger partial charge in [0.25, 0.3) is 0 Å². The number of benzene rings is 1. The highest BCUT2D eigenvalue weighted by molar-refractivity contribution is 6.35. The van der Waals surface area contributed by atoms with Gasteiger partial charge in [-0.15, -0.1) is 0 Å². The first kappa shape index (κ1) is 15.0. The number of hydrogen-bond donors (Lipinski definition) is 1. The van der Waals surface area contributed by atoms with E-state index in [9.17, 15) is 0 Å². The highest BCUT2D eigenvalue weighted by Gasteiger charge is 2.30. The molecule has 19 heavy (non-hydrogen) atoms. The summed E-state index contributed by atoms with van der Waals surface area (Å²) in [5.41, 5.74) is 0.995. The number of halogens is 2. The smallest absolute Gasteiger partial charge is 0.141 e. The Bertz CT molecular complexity index is 419. The SMILES string of the molecule is Cc1cc(Cl)cc(Cl)c1O[C@@H](C(C)C)C1CCNC1. The fourth-order valence-electron chi connectivity index (χ4n) is 2.71. The number of hydrogen-bond acceptors (Lipinski definition) is 2. The molecule has 1 aliphatic rings. The van der Waals surface area contributed by atoms with Crippen LogP contribution in [0.5, 0.6) is 5.75 Å². The first-order valence-electron chi connectivity index (χ1n) is 6.82. The predicted octanol–water partition coefficient (Wildman–Crippen LogP) is 4.31. The van der Waals surface area contributed by atoms with Crippen LogP contribution in [0.1, 0.15) is 25.8 Å². The monoisotopic (exact) mass is 301 g/mol. The van der Waals surface area contributed by atoms with Gasteiger partial charge in [-0.2, -0.15) is 0 Å². The minimum Gasteiger partial charge on any atom is -0.488 e. The zero-order valence-corrected chi connectivity index (χ0v) is 13.2. The number of aryl methyl sites for hydroxylation is 1. The first-order valence-corrected chi connectivity index (χ1v) is 7.57. The zero-order chi connectivity index (χ0) is 14.0. The van der Waals surface area contributed by atoms with Gasteiger partial charge in [0.15, 0.2) is 0 Å². The highest BCUT2D eigenvalue weighted by Crippen LogP contribution is 2.35. The summed E-state index contributed by atoms with van der Waals surface area (Å²) in [4.78, 5) is 0. The van der Waals surface area contributed by atoms with E-state index in [4.69, 9.17) is 27.9 Å². The fraction of sp³-hybridized carbons (Fsp3) is 0.600. The molecule has 0 bridgehead atoms. The summed E-state index contributed by atoms with van der Waals surface area (Å²) in [5, 5.41) is 4.65. The molecule has 1 N–H and O–H groups in total. The maximum atomic E-state index is 6.27. The molecule has 0 aromatic heterocycles. The van der Waals surface area contributed by atoms with Crippen molar-refractivity contribution in [2.75, 3.05) is 13.1 Å². The lowest BCUT2D eigenvalue weighted by molar-refractivity contribution is 0.0967. The standard InChI is InChI=1S/C15H21Cl2NO/c1-9(2)14(11-4-5-18-8-11)19-15-10(3)6-12(16)7-13(15)17/h6-7,9,11,14,18H,4-5,8H2,1-3H3/t11?,14-/m0/s1. The average Bonchev–Trinajstić information content (AvgIpc) is 2.80. The summed E-state index contributed by atoms with van der Waals surface area (Å²) in [6.07, 6.45) is 1.35. The van der Waals surface area contributed by atoms with Crippen molar-refractivity contribution >= 4 is 23.2 Å². The van der Waals surface area contributed by atoms with Crippen LogP contribution in [-0.2, 0) is 0 Å². The molecule has 0 aliphatic carbocycles. The lowest BCUT2D eigenvalue weighted by Crippen LogP contribution is -2.33. The van der Waals surface area contributed by atoms with Gasteiger partial charge in [-0.1, -0.05) is 37.0 Å². The van der Waals surface area contributed by atoms with Crippen molar-refractivity contribution < 1.29 is 4.74 Å². The molecule has 0 spiro atoms. The Morgan fingerprint density at radius 2 is 2.05 bits per heavy atom.